The minimum Gasteiger partial charge on any atom is -0.482 e. The van der Waals surface area contributed by atoms with E-state index in [1.165, 1.54) is 0 Å². The standard InChI is InChI=1S/C15H9Br2NO3/c16-10-3-9(4-11(17)6-10)15(20)8-1-2-13-12(5-8)18-14(19)7-21-13/h1-6H,7H2,(H,18,19). The number of rotatable bonds is 2. The van der Waals surface area contributed by atoms with Gasteiger partial charge < -0.3 is 10.1 Å². The molecule has 1 N–H and O–H groups in total. The number of fused-ring (bicyclic) bond motifs is 1. The molecule has 2 aromatic carbocycles. The van der Waals surface area contributed by atoms with Gasteiger partial charge in [0.25, 0.3) is 5.91 Å². The fourth-order valence-electron chi connectivity index (χ4n) is 2.08. The van der Waals surface area contributed by atoms with E-state index in [0.717, 1.165) is 8.95 Å². The third kappa shape index (κ3) is 3.01. The van der Waals surface area contributed by atoms with Gasteiger partial charge in [0.2, 0.25) is 0 Å². The van der Waals surface area contributed by atoms with Crippen LogP contribution in [-0.4, -0.2) is 18.3 Å². The van der Waals surface area contributed by atoms with Crippen LogP contribution in [-0.2, 0) is 4.79 Å². The van der Waals surface area contributed by atoms with Crippen LogP contribution in [0.25, 0.3) is 0 Å². The highest BCUT2D eigenvalue weighted by Crippen LogP contribution is 2.30. The molecule has 106 valence electrons. The van der Waals surface area contributed by atoms with E-state index in [4.69, 9.17) is 4.74 Å². The first-order valence-electron chi connectivity index (χ1n) is 6.10. The summed E-state index contributed by atoms with van der Waals surface area (Å²) < 4.78 is 6.91. The summed E-state index contributed by atoms with van der Waals surface area (Å²) in [5.74, 6) is 0.221. The second-order valence-electron chi connectivity index (χ2n) is 4.54. The lowest BCUT2D eigenvalue weighted by atomic mass is 10.0. The van der Waals surface area contributed by atoms with E-state index in [2.05, 4.69) is 37.2 Å². The number of hydrogen-bond donors (Lipinski definition) is 1. The summed E-state index contributed by atoms with van der Waals surface area (Å²) >= 11 is 6.73. The molecule has 0 fully saturated rings. The first kappa shape index (κ1) is 14.3. The third-order valence-electron chi connectivity index (χ3n) is 3.00. The van der Waals surface area contributed by atoms with Gasteiger partial charge in [0.15, 0.2) is 12.4 Å². The number of amides is 1. The Morgan fingerprint density at radius 3 is 2.48 bits per heavy atom. The third-order valence-corrected chi connectivity index (χ3v) is 3.92. The first-order valence-corrected chi connectivity index (χ1v) is 7.69. The van der Waals surface area contributed by atoms with Crippen molar-refractivity contribution >= 4 is 49.2 Å². The van der Waals surface area contributed by atoms with E-state index in [-0.39, 0.29) is 18.3 Å². The van der Waals surface area contributed by atoms with E-state index in [0.29, 0.717) is 22.6 Å². The summed E-state index contributed by atoms with van der Waals surface area (Å²) in [5, 5.41) is 2.69. The molecule has 0 bridgehead atoms. The van der Waals surface area contributed by atoms with Gasteiger partial charge in [-0.05, 0) is 36.4 Å². The van der Waals surface area contributed by atoms with Crippen LogP contribution in [0.4, 0.5) is 5.69 Å². The Kier molecular flexibility index (Phi) is 3.82. The fourth-order valence-corrected chi connectivity index (χ4v) is 3.37. The molecular formula is C15H9Br2NO3. The number of benzene rings is 2. The maximum absolute atomic E-state index is 12.5. The summed E-state index contributed by atoms with van der Waals surface area (Å²) in [6.07, 6.45) is 0. The number of carbonyl (C=O) groups is 2. The SMILES string of the molecule is O=C1COc2ccc(C(=O)c3cc(Br)cc(Br)c3)cc2N1. The topological polar surface area (TPSA) is 55.4 Å². The lowest BCUT2D eigenvalue weighted by Crippen LogP contribution is -2.25. The van der Waals surface area contributed by atoms with Gasteiger partial charge in [-0.25, -0.2) is 0 Å². The normalized spacial score (nSPS) is 13.1. The zero-order chi connectivity index (χ0) is 15.0. The van der Waals surface area contributed by atoms with E-state index < -0.39 is 0 Å². The molecule has 0 aliphatic carbocycles. The second-order valence-corrected chi connectivity index (χ2v) is 6.37. The Morgan fingerprint density at radius 1 is 1.05 bits per heavy atom. The van der Waals surface area contributed by atoms with Crippen molar-refractivity contribution in [3.05, 3.63) is 56.5 Å². The van der Waals surface area contributed by atoms with Crippen LogP contribution < -0.4 is 10.1 Å². The largest absolute Gasteiger partial charge is 0.482 e. The van der Waals surface area contributed by atoms with Crippen LogP contribution in [0.15, 0.2) is 45.3 Å². The average Bonchev–Trinajstić information content (AvgIpc) is 2.44. The molecule has 4 nitrogen and oxygen atoms in total. The molecule has 0 unspecified atom stereocenters. The maximum Gasteiger partial charge on any atom is 0.262 e. The van der Waals surface area contributed by atoms with Crippen LogP contribution in [0.2, 0.25) is 0 Å². The zero-order valence-electron chi connectivity index (χ0n) is 10.7. The average molecular weight is 411 g/mol. The van der Waals surface area contributed by atoms with Crippen molar-refractivity contribution in [2.45, 2.75) is 0 Å². The molecule has 0 atom stereocenters. The second kappa shape index (κ2) is 5.61. The Morgan fingerprint density at radius 2 is 1.76 bits per heavy atom. The monoisotopic (exact) mass is 409 g/mol. The van der Waals surface area contributed by atoms with Crippen LogP contribution >= 0.6 is 31.9 Å². The van der Waals surface area contributed by atoms with Gasteiger partial charge in [-0.2, -0.15) is 0 Å². The van der Waals surface area contributed by atoms with Crippen molar-refractivity contribution < 1.29 is 14.3 Å². The van der Waals surface area contributed by atoms with Crippen LogP contribution in [0, 0.1) is 0 Å². The number of carbonyl (C=O) groups excluding carboxylic acids is 2. The van der Waals surface area contributed by atoms with E-state index in [1.54, 1.807) is 30.3 Å². The molecule has 1 amide bonds. The first-order chi connectivity index (χ1) is 10.0. The van der Waals surface area contributed by atoms with Gasteiger partial charge in [-0.15, -0.1) is 0 Å². The molecular weight excluding hydrogens is 402 g/mol. The smallest absolute Gasteiger partial charge is 0.262 e. The maximum atomic E-state index is 12.5. The predicted molar refractivity (Wildman–Crippen MR) is 85.8 cm³/mol. The lowest BCUT2D eigenvalue weighted by Gasteiger charge is -2.18. The summed E-state index contributed by atoms with van der Waals surface area (Å²) in [5.41, 5.74) is 1.56. The van der Waals surface area contributed by atoms with Crippen LogP contribution in [0.3, 0.4) is 0 Å². The van der Waals surface area contributed by atoms with Crippen molar-refractivity contribution in [3.63, 3.8) is 0 Å². The van der Waals surface area contributed by atoms with E-state index >= 15 is 0 Å². The molecule has 6 heteroatoms. The van der Waals surface area contributed by atoms with E-state index in [1.807, 2.05) is 6.07 Å². The molecule has 1 aliphatic heterocycles. The number of ether oxygens (including phenoxy) is 1. The van der Waals surface area contributed by atoms with Crippen LogP contribution in [0.5, 0.6) is 5.75 Å². The quantitative estimate of drug-likeness (QED) is 0.766. The van der Waals surface area contributed by atoms with Gasteiger partial charge in [0, 0.05) is 20.1 Å². The molecule has 0 saturated heterocycles. The minimum atomic E-state index is -0.225. The zero-order valence-corrected chi connectivity index (χ0v) is 13.8. The highest BCUT2D eigenvalue weighted by Gasteiger charge is 2.18. The molecule has 1 aliphatic rings. The molecule has 3 rings (SSSR count). The molecule has 21 heavy (non-hydrogen) atoms. The van der Waals surface area contributed by atoms with Gasteiger partial charge in [0.05, 0.1) is 5.69 Å². The van der Waals surface area contributed by atoms with Gasteiger partial charge in [-0.3, -0.25) is 9.59 Å². The number of halogens is 2. The van der Waals surface area contributed by atoms with Crippen molar-refractivity contribution in [2.75, 3.05) is 11.9 Å². The van der Waals surface area contributed by atoms with Gasteiger partial charge >= 0.3 is 0 Å². The number of anilines is 1. The highest BCUT2D eigenvalue weighted by atomic mass is 79.9. The molecule has 0 saturated carbocycles. The van der Waals surface area contributed by atoms with Crippen molar-refractivity contribution in [1.29, 1.82) is 0 Å². The summed E-state index contributed by atoms with van der Waals surface area (Å²) in [4.78, 5) is 23.9. The predicted octanol–water partition coefficient (Wildman–Crippen LogP) is 3.77. The Balaban J connectivity index is 1.98. The number of nitrogens with one attached hydrogen (secondary N) is 1. The molecule has 0 spiro atoms. The van der Waals surface area contributed by atoms with Gasteiger partial charge in [0.1, 0.15) is 5.75 Å². The molecule has 2 aromatic rings. The molecule has 1 heterocycles. The Hall–Kier alpha value is -1.66. The fraction of sp³-hybridized carbons (Fsp3) is 0.0667. The Bertz CT molecular complexity index is 738. The lowest BCUT2D eigenvalue weighted by molar-refractivity contribution is -0.118. The molecule has 0 radical (unpaired) electrons. The van der Waals surface area contributed by atoms with Crippen molar-refractivity contribution in [2.24, 2.45) is 0 Å². The Labute approximate surface area is 137 Å². The van der Waals surface area contributed by atoms with E-state index in [9.17, 15) is 9.59 Å². The summed E-state index contributed by atoms with van der Waals surface area (Å²) in [6.45, 7) is -0.00112. The summed E-state index contributed by atoms with van der Waals surface area (Å²) in [7, 11) is 0. The highest BCUT2D eigenvalue weighted by molar-refractivity contribution is 9.11. The number of ketones is 1. The van der Waals surface area contributed by atoms with Crippen molar-refractivity contribution in [1.82, 2.24) is 0 Å². The van der Waals surface area contributed by atoms with Crippen molar-refractivity contribution in [3.8, 4) is 5.75 Å². The summed E-state index contributed by atoms with van der Waals surface area (Å²) in [6, 6.07) is 10.4. The minimum absolute atomic E-state index is 0.00112. The van der Waals surface area contributed by atoms with Gasteiger partial charge in [-0.1, -0.05) is 31.9 Å². The number of hydrogen-bond acceptors (Lipinski definition) is 3. The molecule has 0 aromatic heterocycles. The van der Waals surface area contributed by atoms with Crippen LogP contribution in [0.1, 0.15) is 15.9 Å².